The molecular weight excluding hydrogens is 406 g/mol. The summed E-state index contributed by atoms with van der Waals surface area (Å²) >= 11 is 0. The Morgan fingerprint density at radius 1 is 1.10 bits per heavy atom. The van der Waals surface area contributed by atoms with Gasteiger partial charge in [-0.1, -0.05) is 0 Å². The predicted molar refractivity (Wildman–Crippen MR) is 112 cm³/mol. The van der Waals surface area contributed by atoms with Gasteiger partial charge in [-0.2, -0.15) is 13.8 Å². The van der Waals surface area contributed by atoms with E-state index >= 15 is 0 Å². The van der Waals surface area contributed by atoms with E-state index in [0.29, 0.717) is 82.8 Å². The number of alkyl halides is 2. The normalized spacial score (nSPS) is 26.0. The Bertz CT molecular complexity index is 839. The van der Waals surface area contributed by atoms with Gasteiger partial charge in [0.05, 0.1) is 19.8 Å². The van der Waals surface area contributed by atoms with Crippen molar-refractivity contribution in [2.45, 2.75) is 38.2 Å². The van der Waals surface area contributed by atoms with Gasteiger partial charge in [0, 0.05) is 63.8 Å². The van der Waals surface area contributed by atoms with Crippen LogP contribution in [-0.4, -0.2) is 97.3 Å². The molecule has 1 atom stereocenters. The first kappa shape index (κ1) is 20.8. The number of hydrogen-bond donors (Lipinski definition) is 0. The summed E-state index contributed by atoms with van der Waals surface area (Å²) in [4.78, 5) is 29.7. The highest BCUT2D eigenvalue weighted by Gasteiger charge is 2.45. The maximum Gasteiger partial charge on any atom is 0.290 e. The third-order valence-corrected chi connectivity index (χ3v) is 6.98. The van der Waals surface area contributed by atoms with Crippen LogP contribution in [0.25, 0.3) is 0 Å². The van der Waals surface area contributed by atoms with Crippen LogP contribution < -0.4 is 9.80 Å². The molecule has 0 unspecified atom stereocenters. The average Bonchev–Trinajstić information content (AvgIpc) is 3.08. The van der Waals surface area contributed by atoms with E-state index in [1.807, 2.05) is 9.80 Å². The van der Waals surface area contributed by atoms with Crippen LogP contribution in [0.5, 0.6) is 0 Å². The second-order valence-corrected chi connectivity index (χ2v) is 8.97. The minimum Gasteiger partial charge on any atom is -0.378 e. The lowest BCUT2D eigenvalue weighted by atomic mass is 10.1. The van der Waals surface area contributed by atoms with Crippen molar-refractivity contribution >= 4 is 17.7 Å². The predicted octanol–water partition coefficient (Wildman–Crippen LogP) is 1.09. The fourth-order valence-electron chi connectivity index (χ4n) is 4.82. The van der Waals surface area contributed by atoms with Gasteiger partial charge in [0.2, 0.25) is 11.9 Å². The van der Waals surface area contributed by atoms with Crippen molar-refractivity contribution in [1.82, 2.24) is 19.8 Å². The molecule has 3 fully saturated rings. The standard InChI is InChI=1S/C21H30F2N6O2/c1-15-3-5-29(15)20-24-18-16(2-4-21(18,22)23)19(25-20)28-8-6-26(7-9-28)14-17(30)27-10-12-31-13-11-27/h15H,2-14H2,1H3/t15-/m0/s1. The van der Waals surface area contributed by atoms with E-state index in [0.717, 1.165) is 13.0 Å². The average molecular weight is 437 g/mol. The molecule has 0 N–H and O–H groups in total. The van der Waals surface area contributed by atoms with Gasteiger partial charge in [-0.25, -0.2) is 4.98 Å². The molecule has 4 aliphatic rings. The first-order valence-corrected chi connectivity index (χ1v) is 11.3. The molecule has 5 rings (SSSR count). The van der Waals surface area contributed by atoms with Crippen molar-refractivity contribution in [2.24, 2.45) is 0 Å². The molecule has 3 aliphatic heterocycles. The number of fused-ring (bicyclic) bond motifs is 1. The fourth-order valence-corrected chi connectivity index (χ4v) is 4.82. The lowest BCUT2D eigenvalue weighted by Gasteiger charge is -2.40. The molecule has 4 heterocycles. The number of rotatable bonds is 4. The smallest absolute Gasteiger partial charge is 0.290 e. The van der Waals surface area contributed by atoms with Gasteiger partial charge in [-0.05, 0) is 19.8 Å². The molecule has 3 saturated heterocycles. The zero-order chi connectivity index (χ0) is 21.6. The minimum atomic E-state index is -2.89. The van der Waals surface area contributed by atoms with Crippen LogP contribution in [0, 0.1) is 0 Å². The van der Waals surface area contributed by atoms with Crippen LogP contribution in [-0.2, 0) is 21.9 Å². The molecule has 0 aromatic carbocycles. The van der Waals surface area contributed by atoms with Gasteiger partial charge < -0.3 is 19.4 Å². The summed E-state index contributed by atoms with van der Waals surface area (Å²) in [5.74, 6) is -1.66. The Morgan fingerprint density at radius 2 is 1.84 bits per heavy atom. The van der Waals surface area contributed by atoms with Crippen LogP contribution in [0.2, 0.25) is 0 Å². The zero-order valence-electron chi connectivity index (χ0n) is 18.0. The molecule has 31 heavy (non-hydrogen) atoms. The van der Waals surface area contributed by atoms with Crippen LogP contribution in [0.3, 0.4) is 0 Å². The summed E-state index contributed by atoms with van der Waals surface area (Å²) in [5, 5.41) is 0. The highest BCUT2D eigenvalue weighted by molar-refractivity contribution is 5.78. The molecule has 0 saturated carbocycles. The van der Waals surface area contributed by atoms with Crippen LogP contribution in [0.4, 0.5) is 20.5 Å². The topological polar surface area (TPSA) is 65.0 Å². The number of halogens is 2. The van der Waals surface area contributed by atoms with Gasteiger partial charge in [-0.3, -0.25) is 9.69 Å². The Morgan fingerprint density at radius 3 is 2.48 bits per heavy atom. The molecule has 170 valence electrons. The van der Waals surface area contributed by atoms with Crippen molar-refractivity contribution in [3.8, 4) is 0 Å². The van der Waals surface area contributed by atoms with Gasteiger partial charge in [0.25, 0.3) is 5.92 Å². The molecule has 0 radical (unpaired) electrons. The molecule has 0 spiro atoms. The molecule has 1 aromatic heterocycles. The Kier molecular flexibility index (Phi) is 5.45. The third-order valence-electron chi connectivity index (χ3n) is 6.98. The number of nitrogens with zero attached hydrogens (tertiary/aromatic N) is 6. The Labute approximate surface area is 181 Å². The number of amides is 1. The van der Waals surface area contributed by atoms with E-state index in [2.05, 4.69) is 21.7 Å². The minimum absolute atomic E-state index is 0.0866. The number of carbonyl (C=O) groups excluding carboxylic acids is 1. The quantitative estimate of drug-likeness (QED) is 0.700. The summed E-state index contributed by atoms with van der Waals surface area (Å²) in [6, 6.07) is 0.281. The lowest BCUT2D eigenvalue weighted by molar-refractivity contribution is -0.136. The van der Waals surface area contributed by atoms with Crippen LogP contribution in [0.1, 0.15) is 31.0 Å². The monoisotopic (exact) mass is 436 g/mol. The lowest BCUT2D eigenvalue weighted by Crippen LogP contribution is -2.52. The number of morpholine rings is 1. The number of carbonyl (C=O) groups is 1. The maximum atomic E-state index is 14.5. The van der Waals surface area contributed by atoms with Gasteiger partial charge in [0.15, 0.2) is 0 Å². The zero-order valence-corrected chi connectivity index (χ0v) is 18.0. The molecule has 10 heteroatoms. The summed E-state index contributed by atoms with van der Waals surface area (Å²) in [7, 11) is 0. The van der Waals surface area contributed by atoms with E-state index in [-0.39, 0.29) is 24.1 Å². The van der Waals surface area contributed by atoms with Crippen LogP contribution >= 0.6 is 0 Å². The number of ether oxygens (including phenoxy) is 1. The van der Waals surface area contributed by atoms with Crippen molar-refractivity contribution in [3.05, 3.63) is 11.3 Å². The first-order valence-electron chi connectivity index (χ1n) is 11.3. The van der Waals surface area contributed by atoms with E-state index in [1.165, 1.54) is 0 Å². The van der Waals surface area contributed by atoms with Crippen molar-refractivity contribution in [1.29, 1.82) is 0 Å². The maximum absolute atomic E-state index is 14.5. The summed E-state index contributed by atoms with van der Waals surface area (Å²) in [5.41, 5.74) is 0.510. The van der Waals surface area contributed by atoms with Crippen molar-refractivity contribution in [3.63, 3.8) is 0 Å². The first-order chi connectivity index (χ1) is 14.9. The van der Waals surface area contributed by atoms with E-state index in [1.54, 1.807) is 0 Å². The SMILES string of the molecule is C[C@H]1CCN1c1nc(N2CCN(CC(=O)N3CCOCC3)CC2)c2c(n1)C(F)(F)CC2. The van der Waals surface area contributed by atoms with Gasteiger partial charge in [0.1, 0.15) is 11.5 Å². The highest BCUT2D eigenvalue weighted by Crippen LogP contribution is 2.44. The molecule has 8 nitrogen and oxygen atoms in total. The summed E-state index contributed by atoms with van der Waals surface area (Å²) in [6.07, 6.45) is 1.14. The van der Waals surface area contributed by atoms with Gasteiger partial charge >= 0.3 is 0 Å². The molecule has 1 amide bonds. The van der Waals surface area contributed by atoms with E-state index < -0.39 is 5.92 Å². The van der Waals surface area contributed by atoms with Crippen molar-refractivity contribution < 1.29 is 18.3 Å². The number of piperazine rings is 1. The second-order valence-electron chi connectivity index (χ2n) is 8.97. The third kappa shape index (κ3) is 3.95. The fraction of sp³-hybridized carbons (Fsp3) is 0.762. The Hall–Kier alpha value is -2.07. The van der Waals surface area contributed by atoms with Gasteiger partial charge in [-0.15, -0.1) is 0 Å². The van der Waals surface area contributed by atoms with Crippen molar-refractivity contribution in [2.75, 3.05) is 75.4 Å². The number of hydrogen-bond acceptors (Lipinski definition) is 7. The molecule has 1 aliphatic carbocycles. The summed E-state index contributed by atoms with van der Waals surface area (Å²) < 4.78 is 34.4. The summed E-state index contributed by atoms with van der Waals surface area (Å²) in [6.45, 7) is 8.52. The van der Waals surface area contributed by atoms with E-state index in [4.69, 9.17) is 9.72 Å². The highest BCUT2D eigenvalue weighted by atomic mass is 19.3. The molecule has 1 aromatic rings. The number of anilines is 2. The largest absolute Gasteiger partial charge is 0.378 e. The van der Waals surface area contributed by atoms with E-state index in [9.17, 15) is 13.6 Å². The second kappa shape index (κ2) is 8.12. The Balaban J connectivity index is 1.29. The number of aromatic nitrogens is 2. The molecular formula is C21H30F2N6O2. The van der Waals surface area contributed by atoms with Crippen LogP contribution in [0.15, 0.2) is 0 Å². The molecule has 0 bridgehead atoms.